The zero-order valence-corrected chi connectivity index (χ0v) is 14.2. The average molecular weight is 331 g/mol. The Bertz CT molecular complexity index is 706. The number of rotatable bonds is 0. The molecule has 1 aromatic carbocycles. The van der Waals surface area contributed by atoms with Gasteiger partial charge in [-0.3, -0.25) is 0 Å². The number of hydrogen-bond donors (Lipinski definition) is 2. The van der Waals surface area contributed by atoms with Gasteiger partial charge >= 0.3 is 0 Å². The molecule has 0 aromatic heterocycles. The van der Waals surface area contributed by atoms with Gasteiger partial charge in [0.25, 0.3) is 0 Å². The lowest BCUT2D eigenvalue weighted by atomic mass is 9.53. The van der Waals surface area contributed by atoms with Crippen molar-refractivity contribution in [1.82, 2.24) is 0 Å². The van der Waals surface area contributed by atoms with Crippen LogP contribution in [0.5, 0.6) is 5.75 Å². The maximum Gasteiger partial charge on any atom is 0.134 e. The number of halogens is 1. The average Bonchev–Trinajstić information content (AvgIpc) is 2.83. The molecule has 0 unspecified atom stereocenters. The summed E-state index contributed by atoms with van der Waals surface area (Å²) in [7, 11) is 0. The van der Waals surface area contributed by atoms with Gasteiger partial charge < -0.3 is 10.2 Å². The minimum atomic E-state index is -0.949. The summed E-state index contributed by atoms with van der Waals surface area (Å²) >= 11 is 6.33. The fraction of sp³-hybridized carbons (Fsp3) is 0.600. The first-order valence-corrected chi connectivity index (χ1v) is 8.99. The molecule has 2 N–H and O–H groups in total. The standard InChI is InChI=1S/C20H23ClO2/c1-3-20(23)11-9-16-14-4-5-15-12(6-7-17(22)18(15)21)13(14)8-10-19(16,20)2/h1,6-7,13-14,16,22-23H,4-5,8-11H2,2H3/t13-,14-,16+,19+,20+/m1/s1. The molecule has 5 atom stereocenters. The molecule has 2 nitrogen and oxygen atoms in total. The van der Waals surface area contributed by atoms with Crippen LogP contribution in [0.2, 0.25) is 5.02 Å². The van der Waals surface area contributed by atoms with E-state index >= 15 is 0 Å². The molecule has 0 amide bonds. The Labute approximate surface area is 142 Å². The van der Waals surface area contributed by atoms with E-state index < -0.39 is 5.60 Å². The monoisotopic (exact) mass is 330 g/mol. The topological polar surface area (TPSA) is 40.5 Å². The van der Waals surface area contributed by atoms with E-state index in [4.69, 9.17) is 18.0 Å². The van der Waals surface area contributed by atoms with Gasteiger partial charge in [-0.05, 0) is 73.5 Å². The lowest BCUT2D eigenvalue weighted by molar-refractivity contribution is -0.0646. The zero-order valence-electron chi connectivity index (χ0n) is 13.5. The molecule has 2 fully saturated rings. The summed E-state index contributed by atoms with van der Waals surface area (Å²) in [6, 6.07) is 3.78. The lowest BCUT2D eigenvalue weighted by Crippen LogP contribution is -2.50. The van der Waals surface area contributed by atoms with E-state index in [9.17, 15) is 10.2 Å². The van der Waals surface area contributed by atoms with Crippen molar-refractivity contribution >= 4 is 11.6 Å². The first-order chi connectivity index (χ1) is 10.9. The van der Waals surface area contributed by atoms with Crippen LogP contribution >= 0.6 is 11.6 Å². The van der Waals surface area contributed by atoms with Crippen molar-refractivity contribution in [3.63, 3.8) is 0 Å². The molecule has 23 heavy (non-hydrogen) atoms. The summed E-state index contributed by atoms with van der Waals surface area (Å²) in [6.07, 6.45) is 11.4. The summed E-state index contributed by atoms with van der Waals surface area (Å²) < 4.78 is 0. The highest BCUT2D eigenvalue weighted by atomic mass is 35.5. The SMILES string of the molecule is C#C[C@]1(O)CC[C@H]2[C@@H]3CCc4c(ccc(O)c4Cl)[C@H]3CC[C@@]21C. The van der Waals surface area contributed by atoms with Crippen LogP contribution in [0.15, 0.2) is 12.1 Å². The van der Waals surface area contributed by atoms with Gasteiger partial charge in [-0.25, -0.2) is 0 Å². The first-order valence-electron chi connectivity index (χ1n) is 8.61. The Hall–Kier alpha value is -1.17. The normalized spacial score (nSPS) is 41.6. The number of phenols is 1. The minimum absolute atomic E-state index is 0.166. The molecule has 3 heteroatoms. The predicted octanol–water partition coefficient (Wildman–Crippen LogP) is 4.27. The van der Waals surface area contributed by atoms with Gasteiger partial charge in [0, 0.05) is 5.41 Å². The second-order valence-corrected chi connectivity index (χ2v) is 8.26. The molecule has 0 bridgehead atoms. The summed E-state index contributed by atoms with van der Waals surface area (Å²) in [4.78, 5) is 0. The van der Waals surface area contributed by atoms with E-state index in [2.05, 4.69) is 18.9 Å². The van der Waals surface area contributed by atoms with Crippen LogP contribution in [-0.4, -0.2) is 15.8 Å². The zero-order chi connectivity index (χ0) is 16.4. The second-order valence-electron chi connectivity index (χ2n) is 7.88. The number of hydrogen-bond acceptors (Lipinski definition) is 2. The van der Waals surface area contributed by atoms with Gasteiger partial charge in [-0.2, -0.15) is 0 Å². The van der Waals surface area contributed by atoms with Gasteiger partial charge in [0.2, 0.25) is 0 Å². The molecule has 1 aromatic rings. The molecule has 0 heterocycles. The molecule has 3 aliphatic carbocycles. The fourth-order valence-electron chi connectivity index (χ4n) is 5.87. The molecule has 3 aliphatic rings. The molecule has 0 saturated heterocycles. The predicted molar refractivity (Wildman–Crippen MR) is 91.5 cm³/mol. The molecule has 122 valence electrons. The van der Waals surface area contributed by atoms with Gasteiger partial charge in [0.05, 0.1) is 5.02 Å². The van der Waals surface area contributed by atoms with Gasteiger partial charge in [0.1, 0.15) is 11.4 Å². The molecule has 2 saturated carbocycles. The van der Waals surface area contributed by atoms with E-state index in [1.54, 1.807) is 6.07 Å². The Balaban J connectivity index is 1.74. The molecular formula is C20H23ClO2. The number of phenolic OH excluding ortho intramolecular Hbond substituents is 1. The van der Waals surface area contributed by atoms with E-state index in [1.807, 2.05) is 0 Å². The number of terminal acetylenes is 1. The van der Waals surface area contributed by atoms with Crippen molar-refractivity contribution in [2.75, 3.05) is 0 Å². The second kappa shape index (κ2) is 4.91. The maximum atomic E-state index is 10.9. The van der Waals surface area contributed by atoms with Gasteiger partial charge in [-0.1, -0.05) is 30.5 Å². The fourth-order valence-corrected chi connectivity index (χ4v) is 6.13. The summed E-state index contributed by atoms with van der Waals surface area (Å²) in [5.41, 5.74) is 1.32. The summed E-state index contributed by atoms with van der Waals surface area (Å²) in [5.74, 6) is 4.42. The van der Waals surface area contributed by atoms with Crippen molar-refractivity contribution in [3.05, 3.63) is 28.3 Å². The molecular weight excluding hydrogens is 308 g/mol. The van der Waals surface area contributed by atoms with Crippen molar-refractivity contribution in [2.24, 2.45) is 17.3 Å². The van der Waals surface area contributed by atoms with Crippen LogP contribution in [-0.2, 0) is 6.42 Å². The summed E-state index contributed by atoms with van der Waals surface area (Å²) in [6.45, 7) is 2.19. The first kappa shape index (κ1) is 15.4. The highest BCUT2D eigenvalue weighted by molar-refractivity contribution is 6.32. The van der Waals surface area contributed by atoms with Crippen LogP contribution in [0.4, 0.5) is 0 Å². The Kier molecular flexibility index (Phi) is 3.28. The molecule has 0 radical (unpaired) electrons. The van der Waals surface area contributed by atoms with Crippen LogP contribution in [0.3, 0.4) is 0 Å². The number of aliphatic hydroxyl groups is 1. The smallest absolute Gasteiger partial charge is 0.134 e. The largest absolute Gasteiger partial charge is 0.506 e. The number of benzene rings is 1. The van der Waals surface area contributed by atoms with E-state index in [1.165, 1.54) is 5.56 Å². The van der Waals surface area contributed by atoms with Gasteiger partial charge in [0.15, 0.2) is 0 Å². The molecule has 0 aliphatic heterocycles. The van der Waals surface area contributed by atoms with Crippen LogP contribution in [0, 0.1) is 29.6 Å². The van der Waals surface area contributed by atoms with Crippen molar-refractivity contribution < 1.29 is 10.2 Å². The maximum absolute atomic E-state index is 10.9. The van der Waals surface area contributed by atoms with E-state index in [0.717, 1.165) is 44.1 Å². The van der Waals surface area contributed by atoms with Crippen molar-refractivity contribution in [3.8, 4) is 18.1 Å². The minimum Gasteiger partial charge on any atom is -0.506 e. The third-order valence-electron chi connectivity index (χ3n) is 7.21. The van der Waals surface area contributed by atoms with Gasteiger partial charge in [-0.15, -0.1) is 6.42 Å². The third-order valence-corrected chi connectivity index (χ3v) is 7.64. The van der Waals surface area contributed by atoms with E-state index in [0.29, 0.717) is 22.8 Å². The van der Waals surface area contributed by atoms with Crippen LogP contribution in [0.1, 0.15) is 56.1 Å². The highest BCUT2D eigenvalue weighted by Crippen LogP contribution is 2.64. The number of aromatic hydroxyl groups is 1. The third kappa shape index (κ3) is 1.87. The molecule has 4 rings (SSSR count). The quantitative estimate of drug-likeness (QED) is 0.697. The highest BCUT2D eigenvalue weighted by Gasteiger charge is 2.61. The van der Waals surface area contributed by atoms with Crippen molar-refractivity contribution in [2.45, 2.75) is 57.0 Å². The molecule has 0 spiro atoms. The number of fused-ring (bicyclic) bond motifs is 5. The summed E-state index contributed by atoms with van der Waals surface area (Å²) in [5, 5.41) is 21.3. The Morgan fingerprint density at radius 2 is 2.04 bits per heavy atom. The van der Waals surface area contributed by atoms with Crippen molar-refractivity contribution in [1.29, 1.82) is 0 Å². The Morgan fingerprint density at radius 3 is 2.78 bits per heavy atom. The lowest BCUT2D eigenvalue weighted by Gasteiger charge is -2.52. The Morgan fingerprint density at radius 1 is 1.26 bits per heavy atom. The van der Waals surface area contributed by atoms with Crippen LogP contribution in [0.25, 0.3) is 0 Å². The van der Waals surface area contributed by atoms with Crippen LogP contribution < -0.4 is 0 Å². The van der Waals surface area contributed by atoms with E-state index in [-0.39, 0.29) is 11.2 Å².